The number of nitrogens with one attached hydrogen (secondary N) is 2. The lowest BCUT2D eigenvalue weighted by Gasteiger charge is -2.20. The molecule has 1 aliphatic heterocycles. The Morgan fingerprint density at radius 2 is 2.19 bits per heavy atom. The molecule has 0 bridgehead atoms. The van der Waals surface area contributed by atoms with Gasteiger partial charge in [0, 0.05) is 13.1 Å². The number of rotatable bonds is 1. The molecule has 88 valence electrons. The number of nitrogens with zero attached hydrogens (tertiary/aromatic N) is 2. The van der Waals surface area contributed by atoms with Crippen molar-refractivity contribution in [1.29, 1.82) is 0 Å². The first-order chi connectivity index (χ1) is 7.45. The molecule has 0 spiro atoms. The summed E-state index contributed by atoms with van der Waals surface area (Å²) in [6, 6.07) is 0. The van der Waals surface area contributed by atoms with Crippen LogP contribution in [0.3, 0.4) is 0 Å². The largest absolute Gasteiger partial charge is 0.367 e. The molecule has 2 heterocycles. The van der Waals surface area contributed by atoms with Crippen LogP contribution in [0.5, 0.6) is 0 Å². The van der Waals surface area contributed by atoms with Gasteiger partial charge in [0.2, 0.25) is 5.91 Å². The fourth-order valence-corrected chi connectivity index (χ4v) is 1.81. The van der Waals surface area contributed by atoms with Gasteiger partial charge in [-0.2, -0.15) is 5.10 Å². The van der Waals surface area contributed by atoms with Gasteiger partial charge < -0.3 is 10.6 Å². The van der Waals surface area contributed by atoms with Crippen molar-refractivity contribution < 1.29 is 4.79 Å². The quantitative estimate of drug-likeness (QED) is 0.758. The molecule has 16 heavy (non-hydrogen) atoms. The average Bonchev–Trinajstić information content (AvgIpc) is 2.46. The topological polar surface area (TPSA) is 59.0 Å². The number of amides is 1. The summed E-state index contributed by atoms with van der Waals surface area (Å²) in [6.07, 6.45) is 0. The van der Waals surface area contributed by atoms with Crippen LogP contribution >= 0.6 is 0 Å². The lowest BCUT2D eigenvalue weighted by Crippen LogP contribution is -2.34. The molecule has 1 aliphatic rings. The first-order valence-corrected chi connectivity index (χ1v) is 5.58. The van der Waals surface area contributed by atoms with Gasteiger partial charge in [0.15, 0.2) is 0 Å². The van der Waals surface area contributed by atoms with Crippen molar-refractivity contribution in [2.24, 2.45) is 5.41 Å². The van der Waals surface area contributed by atoms with Gasteiger partial charge in [0.05, 0.1) is 11.1 Å². The third-order valence-corrected chi connectivity index (χ3v) is 2.98. The van der Waals surface area contributed by atoms with E-state index in [2.05, 4.69) is 15.7 Å². The zero-order valence-electron chi connectivity index (χ0n) is 10.2. The van der Waals surface area contributed by atoms with Gasteiger partial charge in [-0.05, 0) is 27.7 Å². The van der Waals surface area contributed by atoms with E-state index in [1.54, 1.807) is 0 Å². The second kappa shape index (κ2) is 3.50. The summed E-state index contributed by atoms with van der Waals surface area (Å²) in [5.74, 6) is 0.955. The van der Waals surface area contributed by atoms with Crippen molar-refractivity contribution in [2.75, 3.05) is 17.2 Å². The minimum atomic E-state index is -0.399. The standard InChI is InChI=1S/C11H18N4O/c1-5-15-9-8(7(2)14-15)13-10(16)11(3,4)6-12-9/h12H,5-6H2,1-4H3,(H,13,16). The number of anilines is 2. The highest BCUT2D eigenvalue weighted by Crippen LogP contribution is 2.32. The van der Waals surface area contributed by atoms with Gasteiger partial charge in [-0.3, -0.25) is 4.79 Å². The van der Waals surface area contributed by atoms with Gasteiger partial charge in [-0.25, -0.2) is 4.68 Å². The first kappa shape index (κ1) is 11.0. The Morgan fingerprint density at radius 1 is 1.50 bits per heavy atom. The van der Waals surface area contributed by atoms with Gasteiger partial charge in [0.25, 0.3) is 0 Å². The van der Waals surface area contributed by atoms with E-state index in [-0.39, 0.29) is 5.91 Å². The Hall–Kier alpha value is -1.52. The summed E-state index contributed by atoms with van der Waals surface area (Å²) in [7, 11) is 0. The van der Waals surface area contributed by atoms with Crippen LogP contribution in [-0.4, -0.2) is 22.2 Å². The summed E-state index contributed by atoms with van der Waals surface area (Å²) in [5.41, 5.74) is 1.28. The second-order valence-electron chi connectivity index (χ2n) is 4.82. The Kier molecular flexibility index (Phi) is 2.40. The van der Waals surface area contributed by atoms with Crippen molar-refractivity contribution in [3.05, 3.63) is 5.69 Å². The SMILES string of the molecule is CCn1nc(C)c2c1NCC(C)(C)C(=O)N2. The van der Waals surface area contributed by atoms with Crippen LogP contribution in [0.4, 0.5) is 11.5 Å². The van der Waals surface area contributed by atoms with Crippen molar-refractivity contribution in [1.82, 2.24) is 9.78 Å². The number of aromatic nitrogens is 2. The van der Waals surface area contributed by atoms with E-state index in [0.717, 1.165) is 23.7 Å². The summed E-state index contributed by atoms with van der Waals surface area (Å²) < 4.78 is 1.88. The smallest absolute Gasteiger partial charge is 0.231 e. The van der Waals surface area contributed by atoms with E-state index in [0.29, 0.717) is 6.54 Å². The molecule has 0 fully saturated rings. The zero-order chi connectivity index (χ0) is 11.9. The van der Waals surface area contributed by atoms with Gasteiger partial charge in [0.1, 0.15) is 11.5 Å². The molecule has 2 N–H and O–H groups in total. The summed E-state index contributed by atoms with van der Waals surface area (Å²) in [4.78, 5) is 12.0. The maximum Gasteiger partial charge on any atom is 0.231 e. The van der Waals surface area contributed by atoms with Gasteiger partial charge >= 0.3 is 0 Å². The highest BCUT2D eigenvalue weighted by Gasteiger charge is 2.33. The normalized spacial score (nSPS) is 18.4. The van der Waals surface area contributed by atoms with E-state index >= 15 is 0 Å². The number of aryl methyl sites for hydroxylation is 2. The average molecular weight is 222 g/mol. The van der Waals surface area contributed by atoms with E-state index in [4.69, 9.17) is 0 Å². The molecule has 0 unspecified atom stereocenters. The molecule has 0 aromatic carbocycles. The molecular weight excluding hydrogens is 204 g/mol. The lowest BCUT2D eigenvalue weighted by molar-refractivity contribution is -0.123. The van der Waals surface area contributed by atoms with Crippen LogP contribution in [0.2, 0.25) is 0 Å². The van der Waals surface area contributed by atoms with Crippen LogP contribution in [0, 0.1) is 12.3 Å². The summed E-state index contributed by atoms with van der Waals surface area (Å²) in [5, 5.41) is 10.6. The number of hydrogen-bond donors (Lipinski definition) is 2. The van der Waals surface area contributed by atoms with Crippen molar-refractivity contribution >= 4 is 17.4 Å². The maximum atomic E-state index is 12.0. The predicted octanol–water partition coefficient (Wildman–Crippen LogP) is 1.60. The summed E-state index contributed by atoms with van der Waals surface area (Å²) in [6.45, 7) is 9.22. The van der Waals surface area contributed by atoms with Crippen molar-refractivity contribution in [3.8, 4) is 0 Å². The van der Waals surface area contributed by atoms with Crippen LogP contribution in [0.1, 0.15) is 26.5 Å². The van der Waals surface area contributed by atoms with Crippen LogP contribution in [0.15, 0.2) is 0 Å². The minimum Gasteiger partial charge on any atom is -0.367 e. The third kappa shape index (κ3) is 1.56. The molecule has 0 aliphatic carbocycles. The Labute approximate surface area is 95.2 Å². The monoisotopic (exact) mass is 222 g/mol. The molecule has 1 aromatic rings. The maximum absolute atomic E-state index is 12.0. The third-order valence-electron chi connectivity index (χ3n) is 2.98. The molecule has 0 atom stereocenters. The molecule has 5 nitrogen and oxygen atoms in total. The fraction of sp³-hybridized carbons (Fsp3) is 0.636. The second-order valence-corrected chi connectivity index (χ2v) is 4.82. The molecule has 1 amide bonds. The number of carbonyl (C=O) groups excluding carboxylic acids is 1. The molecule has 5 heteroatoms. The molecule has 2 rings (SSSR count). The minimum absolute atomic E-state index is 0.0394. The van der Waals surface area contributed by atoms with Gasteiger partial charge in [-0.15, -0.1) is 0 Å². The van der Waals surface area contributed by atoms with E-state index in [1.165, 1.54) is 0 Å². The van der Waals surface area contributed by atoms with Crippen LogP contribution in [-0.2, 0) is 11.3 Å². The van der Waals surface area contributed by atoms with E-state index in [1.807, 2.05) is 32.4 Å². The molecular formula is C11H18N4O. The van der Waals surface area contributed by atoms with Crippen LogP contribution in [0.25, 0.3) is 0 Å². The molecule has 1 aromatic heterocycles. The highest BCUT2D eigenvalue weighted by atomic mass is 16.2. The lowest BCUT2D eigenvalue weighted by atomic mass is 9.93. The number of hydrogen-bond acceptors (Lipinski definition) is 3. The molecule has 0 saturated carbocycles. The van der Waals surface area contributed by atoms with Crippen LogP contribution < -0.4 is 10.6 Å². The number of carbonyl (C=O) groups is 1. The van der Waals surface area contributed by atoms with E-state index < -0.39 is 5.41 Å². The zero-order valence-corrected chi connectivity index (χ0v) is 10.2. The molecule has 0 radical (unpaired) electrons. The fourth-order valence-electron chi connectivity index (χ4n) is 1.81. The highest BCUT2D eigenvalue weighted by molar-refractivity contribution is 5.99. The Balaban J connectivity index is 2.45. The molecule has 0 saturated heterocycles. The van der Waals surface area contributed by atoms with E-state index in [9.17, 15) is 4.79 Å². The Bertz CT molecular complexity index is 433. The van der Waals surface area contributed by atoms with Gasteiger partial charge in [-0.1, -0.05) is 0 Å². The van der Waals surface area contributed by atoms with Crippen molar-refractivity contribution in [2.45, 2.75) is 34.2 Å². The van der Waals surface area contributed by atoms with Crippen molar-refractivity contribution in [3.63, 3.8) is 0 Å². The Morgan fingerprint density at radius 3 is 2.81 bits per heavy atom. The first-order valence-electron chi connectivity index (χ1n) is 5.58. The summed E-state index contributed by atoms with van der Waals surface area (Å²) >= 11 is 0. The number of fused-ring (bicyclic) bond motifs is 1. The predicted molar refractivity (Wildman–Crippen MR) is 63.5 cm³/mol.